The molecule has 0 aliphatic heterocycles. The van der Waals surface area contributed by atoms with E-state index in [1.807, 2.05) is 24.3 Å². The third-order valence-corrected chi connectivity index (χ3v) is 5.45. The minimum Gasteiger partial charge on any atom is -0.490 e. The first-order valence-corrected chi connectivity index (χ1v) is 11.0. The van der Waals surface area contributed by atoms with Crippen molar-refractivity contribution in [1.29, 1.82) is 0 Å². The Bertz CT molecular complexity index is 977. The zero-order chi connectivity index (χ0) is 22.9. The lowest BCUT2D eigenvalue weighted by Gasteiger charge is -2.08. The smallest absolute Gasteiger partial charge is 0.269 e. The van der Waals surface area contributed by atoms with Gasteiger partial charge in [-0.1, -0.05) is 29.4 Å². The molecule has 1 aromatic heterocycles. The Morgan fingerprint density at radius 1 is 1.03 bits per heavy atom. The van der Waals surface area contributed by atoms with Crippen LogP contribution in [0.4, 0.5) is 0 Å². The number of nitrogens with one attached hydrogen (secondary N) is 2. The van der Waals surface area contributed by atoms with Crippen molar-refractivity contribution in [3.63, 3.8) is 0 Å². The van der Waals surface area contributed by atoms with Crippen LogP contribution in [0.2, 0.25) is 0 Å². The van der Waals surface area contributed by atoms with Crippen LogP contribution in [0.15, 0.2) is 72.1 Å². The number of ether oxygens (including phenoxy) is 1. The maximum Gasteiger partial charge on any atom is 0.269 e. The first kappa shape index (κ1) is 23.3. The quantitative estimate of drug-likeness (QED) is 0.443. The SMILES string of the molecule is CC(C)=CCC/C(C)=C/COc1ccc(C2CC2C(=O)NNC(=O)c2ccncc2)cc1. The van der Waals surface area contributed by atoms with Crippen molar-refractivity contribution in [2.24, 2.45) is 5.92 Å². The minimum atomic E-state index is -0.360. The molecule has 0 bridgehead atoms. The van der Waals surface area contributed by atoms with E-state index in [1.54, 1.807) is 12.1 Å². The number of aromatic nitrogens is 1. The summed E-state index contributed by atoms with van der Waals surface area (Å²) in [5.41, 5.74) is 9.19. The lowest BCUT2D eigenvalue weighted by atomic mass is 10.1. The average Bonchev–Trinajstić information content (AvgIpc) is 3.59. The monoisotopic (exact) mass is 433 g/mol. The average molecular weight is 434 g/mol. The van der Waals surface area contributed by atoms with Gasteiger partial charge in [0.25, 0.3) is 5.91 Å². The highest BCUT2D eigenvalue weighted by atomic mass is 16.5. The molecule has 2 aromatic rings. The fourth-order valence-corrected chi connectivity index (χ4v) is 3.42. The largest absolute Gasteiger partial charge is 0.490 e. The molecule has 1 saturated carbocycles. The van der Waals surface area contributed by atoms with Gasteiger partial charge in [0.15, 0.2) is 0 Å². The number of carbonyl (C=O) groups is 2. The van der Waals surface area contributed by atoms with Gasteiger partial charge in [0.1, 0.15) is 12.4 Å². The Morgan fingerprint density at radius 2 is 1.75 bits per heavy atom. The van der Waals surface area contributed by atoms with E-state index < -0.39 is 0 Å². The van der Waals surface area contributed by atoms with Gasteiger partial charge in [-0.3, -0.25) is 25.4 Å². The highest BCUT2D eigenvalue weighted by Crippen LogP contribution is 2.47. The van der Waals surface area contributed by atoms with Gasteiger partial charge in [0.05, 0.1) is 0 Å². The lowest BCUT2D eigenvalue weighted by molar-refractivity contribution is -0.123. The van der Waals surface area contributed by atoms with E-state index in [1.165, 1.54) is 23.5 Å². The van der Waals surface area contributed by atoms with Crippen LogP contribution in [0, 0.1) is 5.92 Å². The van der Waals surface area contributed by atoms with Crippen molar-refractivity contribution in [2.45, 2.75) is 46.0 Å². The number of rotatable bonds is 9. The molecular formula is C26H31N3O3. The molecule has 32 heavy (non-hydrogen) atoms. The second-order valence-corrected chi connectivity index (χ2v) is 8.38. The predicted molar refractivity (Wildman–Crippen MR) is 125 cm³/mol. The molecule has 0 radical (unpaired) electrons. The standard InChI is InChI=1S/C26H31N3O3/c1-18(2)5-4-6-19(3)13-16-32-22-9-7-20(8-10-22)23-17-24(23)26(31)29-28-25(30)21-11-14-27-15-12-21/h5,7-15,23-24H,4,6,16-17H2,1-3H3,(H,28,30)(H,29,31)/b19-13+. The van der Waals surface area contributed by atoms with Crippen molar-refractivity contribution in [3.05, 3.63) is 83.2 Å². The summed E-state index contributed by atoms with van der Waals surface area (Å²) in [6.45, 7) is 6.91. The van der Waals surface area contributed by atoms with E-state index in [0.29, 0.717) is 12.2 Å². The van der Waals surface area contributed by atoms with Gasteiger partial charge < -0.3 is 4.74 Å². The van der Waals surface area contributed by atoms with Gasteiger partial charge >= 0.3 is 0 Å². The van der Waals surface area contributed by atoms with E-state index in [4.69, 9.17) is 4.74 Å². The number of nitrogens with zero attached hydrogens (tertiary/aromatic N) is 1. The van der Waals surface area contributed by atoms with E-state index in [9.17, 15) is 9.59 Å². The molecule has 3 rings (SSSR count). The predicted octanol–water partition coefficient (Wildman–Crippen LogP) is 4.72. The Labute approximate surface area is 189 Å². The molecule has 1 aliphatic carbocycles. The summed E-state index contributed by atoms with van der Waals surface area (Å²) >= 11 is 0. The second kappa shape index (κ2) is 11.3. The zero-order valence-corrected chi connectivity index (χ0v) is 18.9. The molecule has 2 N–H and O–H groups in total. The molecule has 2 unspecified atom stereocenters. The summed E-state index contributed by atoms with van der Waals surface area (Å²) in [6, 6.07) is 11.1. The number of allylic oxidation sites excluding steroid dienone is 3. The highest BCUT2D eigenvalue weighted by molar-refractivity contribution is 5.95. The molecule has 6 nitrogen and oxygen atoms in total. The van der Waals surface area contributed by atoms with Crippen molar-refractivity contribution >= 4 is 11.8 Å². The third-order valence-electron chi connectivity index (χ3n) is 5.45. The fourth-order valence-electron chi connectivity index (χ4n) is 3.42. The van der Waals surface area contributed by atoms with Crippen molar-refractivity contribution in [2.75, 3.05) is 6.61 Å². The summed E-state index contributed by atoms with van der Waals surface area (Å²) < 4.78 is 5.82. The fraction of sp³-hybridized carbons (Fsp3) is 0.346. The van der Waals surface area contributed by atoms with Gasteiger partial charge in [0.2, 0.25) is 5.91 Å². The van der Waals surface area contributed by atoms with Gasteiger partial charge in [-0.05, 0) is 81.9 Å². The molecule has 1 fully saturated rings. The maximum absolute atomic E-state index is 12.3. The van der Waals surface area contributed by atoms with Crippen molar-refractivity contribution in [1.82, 2.24) is 15.8 Å². The first-order valence-electron chi connectivity index (χ1n) is 11.0. The number of hydrogen-bond acceptors (Lipinski definition) is 4. The van der Waals surface area contributed by atoms with E-state index in [0.717, 1.165) is 30.6 Å². The second-order valence-electron chi connectivity index (χ2n) is 8.38. The Balaban J connectivity index is 1.40. The highest BCUT2D eigenvalue weighted by Gasteiger charge is 2.44. The zero-order valence-electron chi connectivity index (χ0n) is 18.9. The molecule has 1 aromatic carbocycles. The molecule has 1 heterocycles. The molecular weight excluding hydrogens is 402 g/mol. The van der Waals surface area contributed by atoms with Crippen LogP contribution in [0.1, 0.15) is 61.9 Å². The minimum absolute atomic E-state index is 0.133. The Morgan fingerprint density at radius 3 is 2.44 bits per heavy atom. The number of carbonyl (C=O) groups excluding carboxylic acids is 2. The van der Waals surface area contributed by atoms with Crippen molar-refractivity contribution in [3.8, 4) is 5.75 Å². The van der Waals surface area contributed by atoms with Gasteiger partial charge in [-0.15, -0.1) is 0 Å². The van der Waals surface area contributed by atoms with E-state index in [2.05, 4.69) is 48.8 Å². The topological polar surface area (TPSA) is 80.3 Å². The van der Waals surface area contributed by atoms with Gasteiger partial charge in [-0.2, -0.15) is 0 Å². The van der Waals surface area contributed by atoms with Crippen LogP contribution < -0.4 is 15.6 Å². The van der Waals surface area contributed by atoms with E-state index in [-0.39, 0.29) is 23.7 Å². The molecule has 0 saturated heterocycles. The molecule has 0 spiro atoms. The van der Waals surface area contributed by atoms with Crippen LogP contribution in [-0.2, 0) is 4.79 Å². The number of hydrogen-bond donors (Lipinski definition) is 2. The van der Waals surface area contributed by atoms with Gasteiger partial charge in [0, 0.05) is 23.9 Å². The van der Waals surface area contributed by atoms with Crippen LogP contribution in [0.25, 0.3) is 0 Å². The van der Waals surface area contributed by atoms with Crippen LogP contribution in [-0.4, -0.2) is 23.4 Å². The summed E-state index contributed by atoms with van der Waals surface area (Å²) in [5.74, 6) is 0.311. The normalized spacial score (nSPS) is 17.3. The molecule has 2 amide bonds. The molecule has 2 atom stereocenters. The van der Waals surface area contributed by atoms with E-state index >= 15 is 0 Å². The summed E-state index contributed by atoms with van der Waals surface area (Å²) in [4.78, 5) is 28.2. The molecule has 1 aliphatic rings. The number of hydrazine groups is 1. The Hall–Kier alpha value is -3.41. The van der Waals surface area contributed by atoms with Gasteiger partial charge in [-0.25, -0.2) is 0 Å². The summed E-state index contributed by atoms with van der Waals surface area (Å²) in [7, 11) is 0. The van der Waals surface area contributed by atoms with Crippen LogP contribution in [0.5, 0.6) is 5.75 Å². The third kappa shape index (κ3) is 7.08. The first-order chi connectivity index (χ1) is 15.4. The van der Waals surface area contributed by atoms with Crippen LogP contribution >= 0.6 is 0 Å². The molecule has 168 valence electrons. The Kier molecular flexibility index (Phi) is 8.20. The number of amides is 2. The lowest BCUT2D eigenvalue weighted by Crippen LogP contribution is -2.42. The summed E-state index contributed by atoms with van der Waals surface area (Å²) in [5, 5.41) is 0. The summed E-state index contributed by atoms with van der Waals surface area (Å²) in [6.07, 6.45) is 10.3. The van der Waals surface area contributed by atoms with Crippen LogP contribution in [0.3, 0.4) is 0 Å². The van der Waals surface area contributed by atoms with Crippen molar-refractivity contribution < 1.29 is 14.3 Å². The maximum atomic E-state index is 12.3. The number of pyridine rings is 1. The molecule has 6 heteroatoms. The number of benzene rings is 1.